The lowest BCUT2D eigenvalue weighted by atomic mass is 9.94. The molecule has 1 aliphatic carbocycles. The molecule has 3 heteroatoms. The molecule has 1 aliphatic rings. The van der Waals surface area contributed by atoms with E-state index in [2.05, 4.69) is 48.2 Å². The quantitative estimate of drug-likeness (QED) is 0.853. The van der Waals surface area contributed by atoms with Gasteiger partial charge in [0, 0.05) is 19.1 Å². The molecule has 0 spiro atoms. The Morgan fingerprint density at radius 3 is 2.65 bits per heavy atom. The number of pyridine rings is 1. The van der Waals surface area contributed by atoms with Gasteiger partial charge in [0.1, 0.15) is 0 Å². The first-order valence-corrected chi connectivity index (χ1v) is 8.14. The lowest BCUT2D eigenvalue weighted by molar-refractivity contribution is 0.427. The van der Waals surface area contributed by atoms with Crippen LogP contribution < -0.4 is 10.2 Å². The molecule has 1 N–H and O–H groups in total. The van der Waals surface area contributed by atoms with E-state index in [9.17, 15) is 0 Å². The smallest absolute Gasteiger partial charge is 0.0572 e. The lowest BCUT2D eigenvalue weighted by Gasteiger charge is -2.32. The van der Waals surface area contributed by atoms with E-state index in [4.69, 9.17) is 0 Å². The highest BCUT2D eigenvalue weighted by Gasteiger charge is 2.18. The SMILES string of the molecule is CCCNC(C)c1ccc(N(C)C2CCCCC2)cn1. The van der Waals surface area contributed by atoms with E-state index in [0.717, 1.165) is 18.7 Å². The van der Waals surface area contributed by atoms with Crippen LogP contribution in [-0.2, 0) is 0 Å². The van der Waals surface area contributed by atoms with Crippen LogP contribution in [0.2, 0.25) is 0 Å². The Balaban J connectivity index is 1.96. The normalized spacial score (nSPS) is 17.9. The fourth-order valence-corrected chi connectivity index (χ4v) is 3.01. The van der Waals surface area contributed by atoms with Gasteiger partial charge in [-0.3, -0.25) is 4.98 Å². The third kappa shape index (κ3) is 3.95. The average molecular weight is 275 g/mol. The summed E-state index contributed by atoms with van der Waals surface area (Å²) >= 11 is 0. The molecule has 2 rings (SSSR count). The number of hydrogen-bond donors (Lipinski definition) is 1. The summed E-state index contributed by atoms with van der Waals surface area (Å²) < 4.78 is 0. The third-order valence-corrected chi connectivity index (χ3v) is 4.44. The van der Waals surface area contributed by atoms with E-state index in [0.29, 0.717) is 12.1 Å². The first-order valence-electron chi connectivity index (χ1n) is 8.14. The Bertz CT molecular complexity index is 382. The topological polar surface area (TPSA) is 28.2 Å². The molecular formula is C17H29N3. The molecule has 112 valence electrons. The van der Waals surface area contributed by atoms with Crippen LogP contribution in [-0.4, -0.2) is 24.6 Å². The van der Waals surface area contributed by atoms with Gasteiger partial charge in [0.25, 0.3) is 0 Å². The summed E-state index contributed by atoms with van der Waals surface area (Å²) in [5.41, 5.74) is 2.39. The summed E-state index contributed by atoms with van der Waals surface area (Å²) in [5, 5.41) is 3.48. The number of nitrogens with zero attached hydrogens (tertiary/aromatic N) is 2. The first-order chi connectivity index (χ1) is 9.72. The van der Waals surface area contributed by atoms with Crippen molar-refractivity contribution in [3.8, 4) is 0 Å². The maximum absolute atomic E-state index is 4.64. The molecule has 1 aromatic heterocycles. The van der Waals surface area contributed by atoms with Crippen LogP contribution in [0.15, 0.2) is 18.3 Å². The second-order valence-corrected chi connectivity index (χ2v) is 6.02. The van der Waals surface area contributed by atoms with E-state index >= 15 is 0 Å². The van der Waals surface area contributed by atoms with Crippen molar-refractivity contribution >= 4 is 5.69 Å². The molecule has 1 fully saturated rings. The molecule has 3 nitrogen and oxygen atoms in total. The summed E-state index contributed by atoms with van der Waals surface area (Å²) in [6, 6.07) is 5.43. The molecule has 1 heterocycles. The van der Waals surface area contributed by atoms with Crippen LogP contribution in [0.3, 0.4) is 0 Å². The Labute approximate surface area is 123 Å². The third-order valence-electron chi connectivity index (χ3n) is 4.44. The van der Waals surface area contributed by atoms with Crippen LogP contribution in [0.5, 0.6) is 0 Å². The van der Waals surface area contributed by atoms with E-state index < -0.39 is 0 Å². The van der Waals surface area contributed by atoms with Gasteiger partial charge in [0.05, 0.1) is 17.6 Å². The Morgan fingerprint density at radius 2 is 2.05 bits per heavy atom. The molecule has 1 saturated carbocycles. The number of hydrogen-bond acceptors (Lipinski definition) is 3. The monoisotopic (exact) mass is 275 g/mol. The van der Waals surface area contributed by atoms with Crippen LogP contribution in [0.1, 0.15) is 64.1 Å². The van der Waals surface area contributed by atoms with Gasteiger partial charge in [-0.1, -0.05) is 26.2 Å². The molecule has 0 bridgehead atoms. The Kier molecular flexibility index (Phi) is 5.84. The van der Waals surface area contributed by atoms with Gasteiger partial charge in [-0.05, 0) is 44.9 Å². The van der Waals surface area contributed by atoms with Crippen molar-refractivity contribution in [2.45, 2.75) is 64.5 Å². The Hall–Kier alpha value is -1.09. The average Bonchev–Trinajstić information content (AvgIpc) is 2.53. The van der Waals surface area contributed by atoms with Gasteiger partial charge in [-0.25, -0.2) is 0 Å². The minimum absolute atomic E-state index is 0.337. The molecule has 1 unspecified atom stereocenters. The number of anilines is 1. The van der Waals surface area contributed by atoms with E-state index in [1.807, 2.05) is 6.20 Å². The van der Waals surface area contributed by atoms with E-state index in [-0.39, 0.29) is 0 Å². The second-order valence-electron chi connectivity index (χ2n) is 6.02. The second kappa shape index (κ2) is 7.63. The first kappa shape index (κ1) is 15.3. The predicted molar refractivity (Wildman–Crippen MR) is 86.2 cm³/mol. The van der Waals surface area contributed by atoms with Crippen molar-refractivity contribution < 1.29 is 0 Å². The van der Waals surface area contributed by atoms with Gasteiger partial charge >= 0.3 is 0 Å². The lowest BCUT2D eigenvalue weighted by Crippen LogP contribution is -2.33. The zero-order valence-electron chi connectivity index (χ0n) is 13.2. The summed E-state index contributed by atoms with van der Waals surface area (Å²) in [6.45, 7) is 5.42. The minimum Gasteiger partial charge on any atom is -0.370 e. The molecule has 20 heavy (non-hydrogen) atoms. The maximum atomic E-state index is 4.64. The molecule has 1 atom stereocenters. The fraction of sp³-hybridized carbons (Fsp3) is 0.706. The van der Waals surface area contributed by atoms with Crippen molar-refractivity contribution in [3.05, 3.63) is 24.0 Å². The molecule has 0 aliphatic heterocycles. The highest BCUT2D eigenvalue weighted by atomic mass is 15.1. The highest BCUT2D eigenvalue weighted by Crippen LogP contribution is 2.26. The zero-order valence-corrected chi connectivity index (χ0v) is 13.2. The van der Waals surface area contributed by atoms with Gasteiger partial charge in [-0.2, -0.15) is 0 Å². The van der Waals surface area contributed by atoms with Crippen molar-refractivity contribution in [3.63, 3.8) is 0 Å². The van der Waals surface area contributed by atoms with Crippen LogP contribution in [0.25, 0.3) is 0 Å². The summed E-state index contributed by atoms with van der Waals surface area (Å²) in [7, 11) is 2.21. The summed E-state index contributed by atoms with van der Waals surface area (Å²) in [6.07, 6.45) is 10.00. The largest absolute Gasteiger partial charge is 0.370 e. The van der Waals surface area contributed by atoms with Crippen LogP contribution >= 0.6 is 0 Å². The number of nitrogens with one attached hydrogen (secondary N) is 1. The summed E-state index contributed by atoms with van der Waals surface area (Å²) in [4.78, 5) is 7.06. The zero-order chi connectivity index (χ0) is 14.4. The number of rotatable bonds is 6. The minimum atomic E-state index is 0.337. The van der Waals surface area contributed by atoms with Crippen molar-refractivity contribution in [2.75, 3.05) is 18.5 Å². The molecule has 0 amide bonds. The predicted octanol–water partition coefficient (Wildman–Crippen LogP) is 3.91. The standard InChI is InChI=1S/C17H29N3/c1-4-12-18-14(2)17-11-10-16(13-19-17)20(3)15-8-6-5-7-9-15/h10-11,13-15,18H,4-9,12H2,1-3H3. The molecular weight excluding hydrogens is 246 g/mol. The van der Waals surface area contributed by atoms with Crippen molar-refractivity contribution in [1.82, 2.24) is 10.3 Å². The van der Waals surface area contributed by atoms with E-state index in [1.165, 1.54) is 37.8 Å². The van der Waals surface area contributed by atoms with Gasteiger partial charge in [0.15, 0.2) is 0 Å². The van der Waals surface area contributed by atoms with Crippen molar-refractivity contribution in [2.24, 2.45) is 0 Å². The Morgan fingerprint density at radius 1 is 1.30 bits per heavy atom. The molecule has 0 radical (unpaired) electrons. The molecule has 0 saturated heterocycles. The van der Waals surface area contributed by atoms with Gasteiger partial charge in [-0.15, -0.1) is 0 Å². The highest BCUT2D eigenvalue weighted by molar-refractivity contribution is 5.45. The molecule has 0 aromatic carbocycles. The number of aromatic nitrogens is 1. The maximum Gasteiger partial charge on any atom is 0.0572 e. The van der Waals surface area contributed by atoms with Gasteiger partial charge < -0.3 is 10.2 Å². The summed E-state index contributed by atoms with van der Waals surface area (Å²) in [5.74, 6) is 0. The molecule has 1 aromatic rings. The van der Waals surface area contributed by atoms with Crippen LogP contribution in [0.4, 0.5) is 5.69 Å². The fourth-order valence-electron chi connectivity index (χ4n) is 3.01. The van der Waals surface area contributed by atoms with E-state index in [1.54, 1.807) is 0 Å². The van der Waals surface area contributed by atoms with Crippen LogP contribution in [0, 0.1) is 0 Å². The van der Waals surface area contributed by atoms with Crippen molar-refractivity contribution in [1.29, 1.82) is 0 Å². The van der Waals surface area contributed by atoms with Gasteiger partial charge in [0.2, 0.25) is 0 Å².